The molecular formula is C83H71F14N25O9. The van der Waals surface area contributed by atoms with E-state index in [0.29, 0.717) is 80.4 Å². The highest BCUT2D eigenvalue weighted by atomic mass is 19.4. The van der Waals surface area contributed by atoms with Crippen LogP contribution in [0.25, 0.3) is 91.6 Å². The minimum atomic E-state index is -4.94. The second-order valence-electron chi connectivity index (χ2n) is 29.5. The third-order valence-corrected chi connectivity index (χ3v) is 18.8. The van der Waals surface area contributed by atoms with Gasteiger partial charge in [-0.2, -0.15) is 46.7 Å². The summed E-state index contributed by atoms with van der Waals surface area (Å²) in [5, 5.41) is 81.3. The molecule has 1 amide bonds. The van der Waals surface area contributed by atoms with Gasteiger partial charge in [0.2, 0.25) is 0 Å². The molecule has 12 heterocycles. The molecule has 680 valence electrons. The lowest BCUT2D eigenvalue weighted by molar-refractivity contribution is -0.246. The fourth-order valence-corrected chi connectivity index (χ4v) is 11.7. The predicted octanol–water partition coefficient (Wildman–Crippen LogP) is 13.2. The van der Waals surface area contributed by atoms with Gasteiger partial charge in [0.15, 0.2) is 87.1 Å². The van der Waals surface area contributed by atoms with Crippen LogP contribution in [-0.4, -0.2) is 187 Å². The quantitative estimate of drug-likeness (QED) is 0.0197. The summed E-state index contributed by atoms with van der Waals surface area (Å²) in [6.45, 7) is 2.83. The van der Waals surface area contributed by atoms with Gasteiger partial charge >= 0.3 is 12.4 Å². The number of rotatable bonds is 29. The van der Waals surface area contributed by atoms with Gasteiger partial charge in [-0.3, -0.25) is 23.5 Å². The van der Waals surface area contributed by atoms with Crippen molar-refractivity contribution in [1.82, 2.24) is 99.6 Å². The third-order valence-electron chi connectivity index (χ3n) is 18.8. The van der Waals surface area contributed by atoms with Crippen LogP contribution in [0.5, 0.6) is 0 Å². The minimum absolute atomic E-state index is 0.00954. The number of anilines is 4. The summed E-state index contributed by atoms with van der Waals surface area (Å²) in [4.78, 5) is 43.1. The zero-order chi connectivity index (χ0) is 93.7. The van der Waals surface area contributed by atoms with Crippen molar-refractivity contribution in [3.63, 3.8) is 0 Å². The van der Waals surface area contributed by atoms with Gasteiger partial charge in [0.25, 0.3) is 5.91 Å². The number of halogens is 14. The van der Waals surface area contributed by atoms with Crippen LogP contribution in [0.1, 0.15) is 49.9 Å². The second kappa shape index (κ2) is 39.7. The number of nitrogens with two attached hydrogens (primary N) is 1. The molecule has 0 aliphatic carbocycles. The molecule has 0 fully saturated rings. The van der Waals surface area contributed by atoms with E-state index in [1.54, 1.807) is 128 Å². The summed E-state index contributed by atoms with van der Waals surface area (Å²) in [6.07, 6.45) is -3.59. The molecule has 3 unspecified atom stereocenters. The molecule has 16 aromatic rings. The first-order valence-corrected chi connectivity index (χ1v) is 38.6. The van der Waals surface area contributed by atoms with Crippen LogP contribution < -0.4 is 27.0 Å². The topological polar surface area (TPSA) is 451 Å². The number of nitrogens with zero attached hydrogens (tertiary/aromatic N) is 20. The summed E-state index contributed by atoms with van der Waals surface area (Å²) in [7, 11) is 0. The lowest BCUT2D eigenvalue weighted by atomic mass is 10.1. The number of nitrogens with one attached hydrogen (secondary N) is 4. The molecule has 12 aromatic heterocycles. The van der Waals surface area contributed by atoms with Gasteiger partial charge in [-0.05, 0) is 76.2 Å². The van der Waals surface area contributed by atoms with Gasteiger partial charge < -0.3 is 65.5 Å². The Balaban J connectivity index is 0.000000149. The lowest BCUT2D eigenvalue weighted by Gasteiger charge is -2.26. The van der Waals surface area contributed by atoms with E-state index in [-0.39, 0.29) is 97.1 Å². The van der Waals surface area contributed by atoms with Crippen molar-refractivity contribution in [3.8, 4) is 91.6 Å². The molecule has 131 heavy (non-hydrogen) atoms. The monoisotopic (exact) mass is 1830 g/mol. The van der Waals surface area contributed by atoms with Crippen LogP contribution in [0.3, 0.4) is 0 Å². The lowest BCUT2D eigenvalue weighted by Crippen LogP contribution is -2.47. The molecule has 3 atom stereocenters. The van der Waals surface area contributed by atoms with Gasteiger partial charge in [-0.1, -0.05) is 93.4 Å². The molecule has 34 nitrogen and oxygen atoms in total. The molecular weight excluding hydrogens is 1760 g/mol. The number of aromatic nitrogens is 20. The standard InChI is InChI=1S/C21H17F5N6O2.C21H19F2N7O3.C21H20F2N6O2.C20H15F5N6O2/c1-20(33,21(24,25)26)11-28-18-14(23)9-27-19(29-18)16-8-17(15-6-7-34-31-15)32(30-16)10-12-4-2-3-5-13(12)22;1-21(32,20(24)31)11-26-18-14(23)9-25-19(27-18)16-8-17(15-6-7-33-29-15)30(28-16)10-12-4-2-3-5-13(12)22;1-21(2,30)12-25-19-15(23)10-24-20(26-19)17-9-18(16-7-8-31-28-16)29(27-17)11-13-5-3-4-6-14(13)22;21-12-4-2-1-3-11(12)10-31-16(14-5-6-33-30-14)7-15(29-31)19-26-8-13(22)18(28-19)27-9-17(32)20(23,24)25/h2-9,33H,10-11H2,1H3,(H,27,28,29);2-9,32H,10-11H2,1H3,(H2,24,31)(H,25,26,27);3-10,30H,11-12H2,1-2H3,(H,24,25,26);1-8,17,32H,9-10H2,(H,26,27,28). The van der Waals surface area contributed by atoms with Crippen LogP contribution in [0.2, 0.25) is 0 Å². The maximum Gasteiger partial charge on any atom is 0.418 e. The average Bonchev–Trinajstić information content (AvgIpc) is 1.67. The second-order valence-corrected chi connectivity index (χ2v) is 29.5. The Morgan fingerprint density at radius 2 is 0.649 bits per heavy atom. The molecule has 0 spiro atoms. The van der Waals surface area contributed by atoms with Crippen LogP contribution in [0.15, 0.2) is 214 Å². The van der Waals surface area contributed by atoms with E-state index in [1.165, 1.54) is 82.4 Å². The van der Waals surface area contributed by atoms with Crippen molar-refractivity contribution in [3.05, 3.63) is 264 Å². The van der Waals surface area contributed by atoms with Gasteiger partial charge in [0.1, 0.15) is 93.9 Å². The minimum Gasteiger partial charge on any atom is -0.389 e. The highest BCUT2D eigenvalue weighted by molar-refractivity contribution is 5.83. The molecule has 0 aliphatic rings. The molecule has 48 heteroatoms. The van der Waals surface area contributed by atoms with E-state index < -0.39 is 107 Å². The fraction of sp³-hybridized carbons (Fsp3) is 0.217. The van der Waals surface area contributed by atoms with Crippen molar-refractivity contribution in [2.24, 2.45) is 5.73 Å². The number of primary amides is 1. The first-order chi connectivity index (χ1) is 62.3. The maximum atomic E-state index is 14.2. The highest BCUT2D eigenvalue weighted by Gasteiger charge is 2.50. The van der Waals surface area contributed by atoms with Crippen LogP contribution in [-0.2, 0) is 31.0 Å². The third kappa shape index (κ3) is 23.4. The molecule has 0 aliphatic heterocycles. The van der Waals surface area contributed by atoms with E-state index in [2.05, 4.69) is 102 Å². The number of hydrogen-bond acceptors (Lipinski definition) is 29. The smallest absolute Gasteiger partial charge is 0.389 e. The number of aliphatic hydroxyl groups is 4. The first-order valence-electron chi connectivity index (χ1n) is 38.6. The average molecular weight is 1830 g/mol. The SMILES string of the molecule is CC(C)(O)CNc1nc(-c2cc(-c3ccon3)n(Cc3ccccc3F)n2)ncc1F.CC(O)(CNc1nc(-c2cc(-c3ccon3)n(Cc3ccccc3F)n2)ncc1F)C(F)(F)F.CC(O)(CNc1nc(-c2cc(-c3ccon3)n(Cc3ccccc3F)n2)ncc1F)C(N)=O.OC(CNc1nc(-c2cc(-c3ccon3)n(Cc3ccccc3F)n2)ncc1F)C(F)(F)F. The summed E-state index contributed by atoms with van der Waals surface area (Å²) < 4.78 is 215. The number of benzene rings is 4. The largest absolute Gasteiger partial charge is 0.418 e. The summed E-state index contributed by atoms with van der Waals surface area (Å²) >= 11 is 0. The molecule has 0 saturated carbocycles. The number of carbonyl (C=O) groups excluding carboxylic acids is 1. The zero-order valence-corrected chi connectivity index (χ0v) is 68.4. The first kappa shape index (κ1) is 93.1. The fourth-order valence-electron chi connectivity index (χ4n) is 11.7. The van der Waals surface area contributed by atoms with E-state index in [1.807, 2.05) is 0 Å². The van der Waals surface area contributed by atoms with Gasteiger partial charge in [-0.25, -0.2) is 75.0 Å². The van der Waals surface area contributed by atoms with Crippen molar-refractivity contribution in [2.45, 2.75) is 89.1 Å². The Hall–Kier alpha value is -15.6. The Morgan fingerprint density at radius 3 is 0.893 bits per heavy atom. The Labute approximate surface area is 728 Å². The summed E-state index contributed by atoms with van der Waals surface area (Å²) in [5.74, 6) is -7.57. The summed E-state index contributed by atoms with van der Waals surface area (Å²) in [6, 6.07) is 37.5. The molecule has 0 saturated heterocycles. The number of carbonyl (C=O) groups is 1. The summed E-state index contributed by atoms with van der Waals surface area (Å²) in [5.41, 5.74) is 4.97. The van der Waals surface area contributed by atoms with Gasteiger partial charge in [-0.15, -0.1) is 0 Å². The predicted molar refractivity (Wildman–Crippen MR) is 436 cm³/mol. The van der Waals surface area contributed by atoms with Gasteiger partial charge in [0.05, 0.1) is 99.0 Å². The van der Waals surface area contributed by atoms with Crippen LogP contribution in [0, 0.1) is 46.5 Å². The van der Waals surface area contributed by atoms with E-state index in [0.717, 1.165) is 24.8 Å². The number of aliphatic hydroxyl groups excluding tert-OH is 1. The maximum absolute atomic E-state index is 14.2. The molecule has 16 rings (SSSR count). The van der Waals surface area contributed by atoms with Crippen LogP contribution in [0.4, 0.5) is 84.7 Å². The number of alkyl halides is 6. The number of amides is 1. The van der Waals surface area contributed by atoms with Crippen molar-refractivity contribution in [1.29, 1.82) is 0 Å². The van der Waals surface area contributed by atoms with E-state index >= 15 is 0 Å². The molecule has 0 bridgehead atoms. The van der Waals surface area contributed by atoms with E-state index in [9.17, 15) is 81.6 Å². The van der Waals surface area contributed by atoms with Crippen molar-refractivity contribution < 1.29 is 105 Å². The highest BCUT2D eigenvalue weighted by Crippen LogP contribution is 2.35. The Bertz CT molecular complexity index is 6570. The molecule has 0 radical (unpaired) electrons. The van der Waals surface area contributed by atoms with E-state index in [4.69, 9.17) is 28.9 Å². The zero-order valence-electron chi connectivity index (χ0n) is 68.4. The Kier molecular flexibility index (Phi) is 28.2. The number of hydrogen-bond donors (Lipinski definition) is 9. The molecule has 4 aromatic carbocycles. The van der Waals surface area contributed by atoms with Crippen LogP contribution >= 0.6 is 0 Å². The van der Waals surface area contributed by atoms with Gasteiger partial charge in [0, 0.05) is 53.1 Å². The van der Waals surface area contributed by atoms with Crippen molar-refractivity contribution >= 4 is 29.2 Å². The normalized spacial score (nSPS) is 12.7. The Morgan fingerprint density at radius 1 is 0.382 bits per heavy atom. The van der Waals surface area contributed by atoms with Crippen molar-refractivity contribution in [2.75, 3.05) is 47.4 Å². The molecule has 10 N–H and O–H groups in total.